The molecule has 1 amide bonds. The maximum atomic E-state index is 13.2. The second-order valence-corrected chi connectivity index (χ2v) is 8.17. The fourth-order valence-electron chi connectivity index (χ4n) is 3.70. The van der Waals surface area contributed by atoms with Gasteiger partial charge in [0.1, 0.15) is 0 Å². The van der Waals surface area contributed by atoms with E-state index in [2.05, 4.69) is 53.7 Å². The summed E-state index contributed by atoms with van der Waals surface area (Å²) in [5.41, 5.74) is 1.13. The Balaban J connectivity index is 1.66. The minimum absolute atomic E-state index is 0.206. The fraction of sp³-hybridized carbons (Fsp3) is 0.571. The third-order valence-electron chi connectivity index (χ3n) is 5.42. The molecular weight excluding hydrogens is 342 g/mol. The van der Waals surface area contributed by atoms with Gasteiger partial charge in [-0.1, -0.05) is 32.0 Å². The highest BCUT2D eigenvalue weighted by atomic mass is 32.1. The van der Waals surface area contributed by atoms with Gasteiger partial charge in [0.2, 0.25) is 0 Å². The van der Waals surface area contributed by atoms with Crippen LogP contribution in [-0.2, 0) is 0 Å². The largest absolute Gasteiger partial charge is 0.337 e. The van der Waals surface area contributed by atoms with E-state index in [1.165, 1.54) is 10.1 Å². The lowest BCUT2D eigenvalue weighted by molar-refractivity contribution is 0.0712. The van der Waals surface area contributed by atoms with E-state index in [1.54, 1.807) is 11.3 Å². The van der Waals surface area contributed by atoms with Gasteiger partial charge in [-0.15, -0.1) is 11.3 Å². The van der Waals surface area contributed by atoms with Gasteiger partial charge in [0.15, 0.2) is 0 Å². The summed E-state index contributed by atoms with van der Waals surface area (Å²) in [6.45, 7) is 14.8. The van der Waals surface area contributed by atoms with E-state index in [4.69, 9.17) is 0 Å². The first kappa shape index (κ1) is 19.3. The Labute approximate surface area is 161 Å². The van der Waals surface area contributed by atoms with Crippen molar-refractivity contribution in [2.75, 3.05) is 52.4 Å². The molecule has 0 atom stereocenters. The number of fused-ring (bicyclic) bond motifs is 1. The van der Waals surface area contributed by atoms with Crippen molar-refractivity contribution in [1.29, 1.82) is 0 Å². The van der Waals surface area contributed by atoms with Crippen LogP contribution in [0.5, 0.6) is 0 Å². The van der Waals surface area contributed by atoms with E-state index in [1.807, 2.05) is 6.07 Å². The Morgan fingerprint density at radius 2 is 1.77 bits per heavy atom. The van der Waals surface area contributed by atoms with Crippen LogP contribution < -0.4 is 0 Å². The van der Waals surface area contributed by atoms with Gasteiger partial charge in [-0.25, -0.2) is 0 Å². The molecule has 1 aliphatic heterocycles. The highest BCUT2D eigenvalue weighted by Crippen LogP contribution is 2.31. The van der Waals surface area contributed by atoms with Crippen molar-refractivity contribution in [3.8, 4) is 0 Å². The maximum absolute atomic E-state index is 13.2. The summed E-state index contributed by atoms with van der Waals surface area (Å²) in [5.74, 6) is 0.206. The lowest BCUT2D eigenvalue weighted by Gasteiger charge is -2.35. The zero-order valence-corrected chi connectivity index (χ0v) is 17.1. The number of hydrogen-bond acceptors (Lipinski definition) is 4. The number of carbonyl (C=O) groups is 1. The number of likely N-dealkylation sites (N-methyl/N-ethyl adjacent to an activating group) is 1. The third kappa shape index (κ3) is 4.27. The first-order valence-electron chi connectivity index (χ1n) is 9.86. The molecule has 0 bridgehead atoms. The molecule has 4 nitrogen and oxygen atoms in total. The van der Waals surface area contributed by atoms with Crippen LogP contribution in [0.25, 0.3) is 10.1 Å². The smallest absolute Gasteiger partial charge is 0.264 e. The van der Waals surface area contributed by atoms with Gasteiger partial charge < -0.3 is 9.80 Å². The normalized spacial score (nSPS) is 16.3. The SMILES string of the molecule is CCCN(CCN1CCN(CC)CC1)C(=O)c1sc2ccccc2c1C. The third-order valence-corrected chi connectivity index (χ3v) is 6.68. The number of piperazine rings is 1. The number of amides is 1. The summed E-state index contributed by atoms with van der Waals surface area (Å²) in [7, 11) is 0. The minimum atomic E-state index is 0.206. The lowest BCUT2D eigenvalue weighted by atomic mass is 10.1. The van der Waals surface area contributed by atoms with Gasteiger partial charge in [0, 0.05) is 50.5 Å². The van der Waals surface area contributed by atoms with Crippen LogP contribution in [0.3, 0.4) is 0 Å². The molecule has 1 aromatic heterocycles. The summed E-state index contributed by atoms with van der Waals surface area (Å²) in [5, 5.41) is 1.22. The number of hydrogen-bond donors (Lipinski definition) is 0. The highest BCUT2D eigenvalue weighted by molar-refractivity contribution is 7.21. The second kappa shape index (κ2) is 8.98. The molecular formula is C21H31N3OS. The lowest BCUT2D eigenvalue weighted by Crippen LogP contribution is -2.48. The summed E-state index contributed by atoms with van der Waals surface area (Å²) >= 11 is 1.64. The molecule has 0 saturated carbocycles. The Hall–Kier alpha value is -1.43. The molecule has 26 heavy (non-hydrogen) atoms. The average molecular weight is 374 g/mol. The van der Waals surface area contributed by atoms with Crippen LogP contribution >= 0.6 is 11.3 Å². The van der Waals surface area contributed by atoms with E-state index >= 15 is 0 Å². The molecule has 2 aromatic rings. The molecule has 0 aliphatic carbocycles. The van der Waals surface area contributed by atoms with Crippen molar-refractivity contribution in [3.63, 3.8) is 0 Å². The monoisotopic (exact) mass is 373 g/mol. The molecule has 1 aromatic carbocycles. The van der Waals surface area contributed by atoms with Crippen molar-refractivity contribution in [2.24, 2.45) is 0 Å². The zero-order chi connectivity index (χ0) is 18.5. The van der Waals surface area contributed by atoms with Gasteiger partial charge in [-0.3, -0.25) is 9.69 Å². The van der Waals surface area contributed by atoms with Crippen LogP contribution in [0.1, 0.15) is 35.5 Å². The van der Waals surface area contributed by atoms with Crippen LogP contribution in [0.4, 0.5) is 0 Å². The molecule has 0 spiro atoms. The molecule has 1 fully saturated rings. The number of nitrogens with zero attached hydrogens (tertiary/aromatic N) is 3. The average Bonchev–Trinajstić information content (AvgIpc) is 3.02. The van der Waals surface area contributed by atoms with E-state index in [0.29, 0.717) is 0 Å². The number of carbonyl (C=O) groups excluding carboxylic acids is 1. The maximum Gasteiger partial charge on any atom is 0.264 e. The number of aryl methyl sites for hydroxylation is 1. The summed E-state index contributed by atoms with van der Waals surface area (Å²) < 4.78 is 1.21. The van der Waals surface area contributed by atoms with E-state index in [-0.39, 0.29) is 5.91 Å². The Morgan fingerprint density at radius 1 is 1.08 bits per heavy atom. The molecule has 1 saturated heterocycles. The topological polar surface area (TPSA) is 26.8 Å². The van der Waals surface area contributed by atoms with Crippen molar-refractivity contribution in [1.82, 2.24) is 14.7 Å². The van der Waals surface area contributed by atoms with Crippen LogP contribution in [-0.4, -0.2) is 73.0 Å². The molecule has 0 N–H and O–H groups in total. The molecule has 1 aliphatic rings. The predicted octanol–water partition coefficient (Wildman–Crippen LogP) is 3.70. The standard InChI is InChI=1S/C21H31N3OS/c1-4-10-24(16-15-23-13-11-22(5-2)12-14-23)21(25)20-17(3)18-8-6-7-9-19(18)26-20/h6-9H,4-5,10-16H2,1-3H3. The Bertz CT molecular complexity index is 734. The van der Waals surface area contributed by atoms with Gasteiger partial charge in [0.05, 0.1) is 4.88 Å². The van der Waals surface area contributed by atoms with Crippen molar-refractivity contribution in [2.45, 2.75) is 27.2 Å². The van der Waals surface area contributed by atoms with Gasteiger partial charge >= 0.3 is 0 Å². The predicted molar refractivity (Wildman–Crippen MR) is 111 cm³/mol. The van der Waals surface area contributed by atoms with Crippen molar-refractivity contribution >= 4 is 27.3 Å². The van der Waals surface area contributed by atoms with E-state index in [9.17, 15) is 4.79 Å². The molecule has 142 valence electrons. The van der Waals surface area contributed by atoms with Crippen LogP contribution in [0, 0.1) is 6.92 Å². The Kier molecular flexibility index (Phi) is 6.68. The molecule has 5 heteroatoms. The van der Waals surface area contributed by atoms with Crippen molar-refractivity contribution in [3.05, 3.63) is 34.7 Å². The van der Waals surface area contributed by atoms with Crippen molar-refractivity contribution < 1.29 is 4.79 Å². The molecule has 0 radical (unpaired) electrons. The molecule has 0 unspecified atom stereocenters. The first-order valence-corrected chi connectivity index (χ1v) is 10.7. The zero-order valence-electron chi connectivity index (χ0n) is 16.3. The number of thiophene rings is 1. The quantitative estimate of drug-likeness (QED) is 0.740. The van der Waals surface area contributed by atoms with E-state index in [0.717, 1.165) is 69.2 Å². The van der Waals surface area contributed by atoms with E-state index < -0.39 is 0 Å². The molecule has 3 rings (SSSR count). The first-order chi connectivity index (χ1) is 12.6. The highest BCUT2D eigenvalue weighted by Gasteiger charge is 2.22. The summed E-state index contributed by atoms with van der Waals surface area (Å²) in [6.07, 6.45) is 0.999. The summed E-state index contributed by atoms with van der Waals surface area (Å²) in [4.78, 5) is 21.2. The van der Waals surface area contributed by atoms with Crippen LogP contribution in [0.2, 0.25) is 0 Å². The number of benzene rings is 1. The van der Waals surface area contributed by atoms with Gasteiger partial charge in [0.25, 0.3) is 5.91 Å². The fourth-order valence-corrected chi connectivity index (χ4v) is 4.88. The van der Waals surface area contributed by atoms with Crippen LogP contribution in [0.15, 0.2) is 24.3 Å². The van der Waals surface area contributed by atoms with Gasteiger partial charge in [-0.2, -0.15) is 0 Å². The number of rotatable bonds is 7. The van der Waals surface area contributed by atoms with Gasteiger partial charge in [-0.05, 0) is 36.9 Å². The second-order valence-electron chi connectivity index (χ2n) is 7.12. The Morgan fingerprint density at radius 3 is 2.42 bits per heavy atom. The molecule has 2 heterocycles. The minimum Gasteiger partial charge on any atom is -0.337 e. The summed E-state index contributed by atoms with van der Waals surface area (Å²) in [6, 6.07) is 8.33.